The Morgan fingerprint density at radius 2 is 2.10 bits per heavy atom. The van der Waals surface area contributed by atoms with Crippen LogP contribution < -0.4 is 4.74 Å². The molecule has 20 heavy (non-hydrogen) atoms. The van der Waals surface area contributed by atoms with Crippen molar-refractivity contribution in [2.24, 2.45) is 0 Å². The molecule has 0 aromatic carbocycles. The Bertz CT molecular complexity index is 725. The lowest BCUT2D eigenvalue weighted by molar-refractivity contribution is 0.0697. The van der Waals surface area contributed by atoms with E-state index >= 15 is 0 Å². The number of carboxylic acids is 1. The van der Waals surface area contributed by atoms with Gasteiger partial charge in [0.1, 0.15) is 22.7 Å². The molecular weight excluding hydrogens is 282 g/mol. The van der Waals surface area contributed by atoms with Crippen molar-refractivity contribution < 1.29 is 14.6 Å². The standard InChI is InChI=1S/C13H8ClN3O3/c1-20-11-6-17-12(14)3-9(11)8-2-7(4-15)16-5-10(8)13(18)19/h2-3,5-6H,1H3,(H,18,19). The van der Waals surface area contributed by atoms with E-state index in [1.54, 1.807) is 0 Å². The number of aromatic nitrogens is 2. The van der Waals surface area contributed by atoms with Gasteiger partial charge in [-0.25, -0.2) is 14.8 Å². The number of rotatable bonds is 3. The van der Waals surface area contributed by atoms with E-state index in [2.05, 4.69) is 9.97 Å². The van der Waals surface area contributed by atoms with Crippen molar-refractivity contribution in [1.29, 1.82) is 5.26 Å². The monoisotopic (exact) mass is 289 g/mol. The minimum Gasteiger partial charge on any atom is -0.494 e. The summed E-state index contributed by atoms with van der Waals surface area (Å²) in [6, 6.07) is 4.71. The first-order valence-corrected chi connectivity index (χ1v) is 5.78. The molecule has 0 unspecified atom stereocenters. The first-order chi connectivity index (χ1) is 9.56. The summed E-state index contributed by atoms with van der Waals surface area (Å²) in [6.45, 7) is 0. The zero-order valence-corrected chi connectivity index (χ0v) is 11.0. The number of pyridine rings is 2. The number of nitrogens with zero attached hydrogens (tertiary/aromatic N) is 3. The van der Waals surface area contributed by atoms with Gasteiger partial charge in [-0.2, -0.15) is 5.26 Å². The van der Waals surface area contributed by atoms with Gasteiger partial charge in [0.15, 0.2) is 0 Å². The van der Waals surface area contributed by atoms with E-state index in [0.717, 1.165) is 6.20 Å². The van der Waals surface area contributed by atoms with Crippen LogP contribution in [0.1, 0.15) is 16.1 Å². The highest BCUT2D eigenvalue weighted by Gasteiger charge is 2.17. The summed E-state index contributed by atoms with van der Waals surface area (Å²) in [6.07, 6.45) is 2.51. The Morgan fingerprint density at radius 1 is 1.35 bits per heavy atom. The molecule has 0 radical (unpaired) electrons. The summed E-state index contributed by atoms with van der Waals surface area (Å²) in [7, 11) is 1.43. The molecule has 2 rings (SSSR count). The second-order valence-corrected chi connectivity index (χ2v) is 4.13. The van der Waals surface area contributed by atoms with Crippen molar-refractivity contribution >= 4 is 17.6 Å². The Balaban J connectivity index is 2.76. The maximum absolute atomic E-state index is 11.3. The normalized spacial score (nSPS) is 9.85. The molecule has 6 nitrogen and oxygen atoms in total. The van der Waals surface area contributed by atoms with Gasteiger partial charge in [-0.3, -0.25) is 0 Å². The summed E-state index contributed by atoms with van der Waals surface area (Å²) in [5.41, 5.74) is 0.776. The lowest BCUT2D eigenvalue weighted by Crippen LogP contribution is -2.03. The number of methoxy groups -OCH3 is 1. The number of halogens is 1. The first-order valence-electron chi connectivity index (χ1n) is 5.40. The minimum absolute atomic E-state index is 0.0513. The maximum atomic E-state index is 11.3. The molecular formula is C13H8ClN3O3. The van der Waals surface area contributed by atoms with Gasteiger partial charge < -0.3 is 9.84 Å². The van der Waals surface area contributed by atoms with Crippen molar-refractivity contribution in [2.75, 3.05) is 7.11 Å². The summed E-state index contributed by atoms with van der Waals surface area (Å²) in [5.74, 6) is -0.807. The summed E-state index contributed by atoms with van der Waals surface area (Å²) < 4.78 is 5.15. The van der Waals surface area contributed by atoms with E-state index in [4.69, 9.17) is 21.6 Å². The van der Waals surface area contributed by atoms with Crippen LogP contribution in [0.15, 0.2) is 24.5 Å². The highest BCUT2D eigenvalue weighted by Crippen LogP contribution is 2.33. The van der Waals surface area contributed by atoms with Crippen LogP contribution in [0.4, 0.5) is 0 Å². The van der Waals surface area contributed by atoms with E-state index in [1.165, 1.54) is 25.4 Å². The molecule has 100 valence electrons. The number of ether oxygens (including phenoxy) is 1. The Labute approximate surface area is 119 Å². The summed E-state index contributed by atoms with van der Waals surface area (Å²) >= 11 is 5.83. The van der Waals surface area contributed by atoms with Crippen LogP contribution in [-0.2, 0) is 0 Å². The minimum atomic E-state index is -1.16. The third kappa shape index (κ3) is 2.53. The number of hydrogen-bond acceptors (Lipinski definition) is 5. The molecule has 2 heterocycles. The quantitative estimate of drug-likeness (QED) is 0.871. The van der Waals surface area contributed by atoms with Gasteiger partial charge in [0, 0.05) is 17.3 Å². The zero-order chi connectivity index (χ0) is 14.7. The Morgan fingerprint density at radius 3 is 2.70 bits per heavy atom. The molecule has 0 bridgehead atoms. The molecule has 0 aliphatic carbocycles. The number of nitriles is 1. The van der Waals surface area contributed by atoms with Crippen molar-refractivity contribution in [3.8, 4) is 22.9 Å². The molecule has 2 aromatic heterocycles. The highest BCUT2D eigenvalue weighted by molar-refractivity contribution is 6.29. The highest BCUT2D eigenvalue weighted by atomic mass is 35.5. The zero-order valence-electron chi connectivity index (χ0n) is 10.3. The fourth-order valence-electron chi connectivity index (χ4n) is 1.70. The van der Waals surface area contributed by atoms with Crippen molar-refractivity contribution in [1.82, 2.24) is 9.97 Å². The molecule has 0 aliphatic heterocycles. The van der Waals surface area contributed by atoms with Gasteiger partial charge in [-0.15, -0.1) is 0 Å². The van der Waals surface area contributed by atoms with Gasteiger partial charge in [0.25, 0.3) is 0 Å². The largest absolute Gasteiger partial charge is 0.494 e. The predicted octanol–water partition coefficient (Wildman–Crippen LogP) is 2.38. The maximum Gasteiger partial charge on any atom is 0.337 e. The van der Waals surface area contributed by atoms with Crippen LogP contribution in [0.25, 0.3) is 11.1 Å². The topological polar surface area (TPSA) is 96.1 Å². The van der Waals surface area contributed by atoms with E-state index in [-0.39, 0.29) is 16.4 Å². The van der Waals surface area contributed by atoms with Gasteiger partial charge in [0.05, 0.1) is 18.9 Å². The lowest BCUT2D eigenvalue weighted by atomic mass is 10.0. The third-order valence-electron chi connectivity index (χ3n) is 2.59. The molecule has 0 spiro atoms. The molecule has 0 saturated heterocycles. The molecule has 7 heteroatoms. The van der Waals surface area contributed by atoms with E-state index in [9.17, 15) is 9.90 Å². The predicted molar refractivity (Wildman–Crippen MR) is 70.7 cm³/mol. The number of aromatic carboxylic acids is 1. The van der Waals surface area contributed by atoms with E-state index in [0.29, 0.717) is 16.9 Å². The fraction of sp³-hybridized carbons (Fsp3) is 0.0769. The van der Waals surface area contributed by atoms with Crippen LogP contribution in [0.2, 0.25) is 5.15 Å². The Hall–Kier alpha value is -2.65. The average Bonchev–Trinajstić information content (AvgIpc) is 2.46. The van der Waals surface area contributed by atoms with Crippen LogP contribution >= 0.6 is 11.6 Å². The molecule has 0 aliphatic rings. The van der Waals surface area contributed by atoms with Gasteiger partial charge in [-0.05, 0) is 12.1 Å². The SMILES string of the molecule is COc1cnc(Cl)cc1-c1cc(C#N)ncc1C(=O)O. The second kappa shape index (κ2) is 5.55. The van der Waals surface area contributed by atoms with E-state index in [1.807, 2.05) is 6.07 Å². The Kier molecular flexibility index (Phi) is 3.82. The summed E-state index contributed by atoms with van der Waals surface area (Å²) in [4.78, 5) is 18.9. The number of carboxylic acid groups (broad SMARTS) is 1. The fourth-order valence-corrected chi connectivity index (χ4v) is 1.86. The van der Waals surface area contributed by atoms with Crippen molar-refractivity contribution in [3.05, 3.63) is 40.9 Å². The van der Waals surface area contributed by atoms with Crippen LogP contribution in [0.3, 0.4) is 0 Å². The smallest absolute Gasteiger partial charge is 0.337 e. The lowest BCUT2D eigenvalue weighted by Gasteiger charge is -2.11. The van der Waals surface area contributed by atoms with E-state index < -0.39 is 5.97 Å². The third-order valence-corrected chi connectivity index (χ3v) is 2.80. The van der Waals surface area contributed by atoms with Crippen molar-refractivity contribution in [2.45, 2.75) is 0 Å². The number of hydrogen-bond donors (Lipinski definition) is 1. The second-order valence-electron chi connectivity index (χ2n) is 3.74. The number of carbonyl (C=O) groups is 1. The first kappa shape index (κ1) is 13.8. The van der Waals surface area contributed by atoms with Crippen LogP contribution in [-0.4, -0.2) is 28.2 Å². The molecule has 0 fully saturated rings. The summed E-state index contributed by atoms with van der Waals surface area (Å²) in [5, 5.41) is 18.3. The average molecular weight is 290 g/mol. The van der Waals surface area contributed by atoms with Crippen LogP contribution in [0.5, 0.6) is 5.75 Å². The molecule has 2 aromatic rings. The van der Waals surface area contributed by atoms with Crippen LogP contribution in [0, 0.1) is 11.3 Å². The van der Waals surface area contributed by atoms with Gasteiger partial charge in [0.2, 0.25) is 0 Å². The molecule has 1 N–H and O–H groups in total. The van der Waals surface area contributed by atoms with Gasteiger partial charge >= 0.3 is 5.97 Å². The molecule has 0 amide bonds. The van der Waals surface area contributed by atoms with Gasteiger partial charge in [-0.1, -0.05) is 11.6 Å². The molecule has 0 saturated carbocycles. The van der Waals surface area contributed by atoms with Crippen molar-refractivity contribution in [3.63, 3.8) is 0 Å². The molecule has 0 atom stereocenters.